The molecule has 38 heavy (non-hydrogen) atoms. The highest BCUT2D eigenvalue weighted by molar-refractivity contribution is 9.10. The molecule has 8 nitrogen and oxygen atoms in total. The Hall–Kier alpha value is -3.21. The normalized spacial score (nSPS) is 12.1. The molecule has 0 aliphatic rings. The fraction of sp³-hybridized carbons (Fsp3) is 0.286. The van der Waals surface area contributed by atoms with Crippen LogP contribution in [0.1, 0.15) is 18.1 Å². The maximum absolute atomic E-state index is 14.0. The van der Waals surface area contributed by atoms with Gasteiger partial charge in [-0.3, -0.25) is 9.59 Å². The molecule has 0 radical (unpaired) electrons. The maximum Gasteiger partial charge on any atom is 0.304 e. The highest BCUT2D eigenvalue weighted by atomic mass is 79.9. The van der Waals surface area contributed by atoms with Crippen molar-refractivity contribution in [2.24, 2.45) is 0 Å². The molecule has 1 N–H and O–H groups in total. The van der Waals surface area contributed by atoms with E-state index in [4.69, 9.17) is 0 Å². The van der Waals surface area contributed by atoms with E-state index in [-0.39, 0.29) is 18.9 Å². The molecule has 0 aliphatic heterocycles. The lowest BCUT2D eigenvalue weighted by atomic mass is 10.0. The van der Waals surface area contributed by atoms with Crippen molar-refractivity contribution in [1.82, 2.24) is 14.5 Å². The summed E-state index contributed by atoms with van der Waals surface area (Å²) in [4.78, 5) is 28.9. The molecular formula is C28H33BrN4O4S. The largest absolute Gasteiger partial charge is 0.355 e. The average Bonchev–Trinajstić information content (AvgIpc) is 2.90. The molecule has 3 aromatic rings. The Morgan fingerprint density at radius 2 is 1.50 bits per heavy atom. The lowest BCUT2D eigenvalue weighted by Gasteiger charge is -2.34. The van der Waals surface area contributed by atoms with Crippen molar-refractivity contribution in [3.8, 4) is 0 Å². The van der Waals surface area contributed by atoms with Crippen LogP contribution in [0.5, 0.6) is 0 Å². The first-order valence-electron chi connectivity index (χ1n) is 12.2. The second-order valence-electron chi connectivity index (χ2n) is 8.88. The van der Waals surface area contributed by atoms with Gasteiger partial charge in [0.1, 0.15) is 12.6 Å². The van der Waals surface area contributed by atoms with Gasteiger partial charge in [-0.15, -0.1) is 0 Å². The molecule has 0 heterocycles. The number of anilines is 1. The average molecular weight is 602 g/mol. The number of hydrogen-bond donors (Lipinski definition) is 1. The number of carbonyl (C=O) groups is 2. The molecular weight excluding hydrogens is 568 g/mol. The number of amides is 2. The van der Waals surface area contributed by atoms with Crippen LogP contribution in [0, 0.1) is 0 Å². The quantitative estimate of drug-likeness (QED) is 0.342. The molecule has 2 amide bonds. The number of halogens is 1. The van der Waals surface area contributed by atoms with Crippen LogP contribution in [0.15, 0.2) is 89.4 Å². The fourth-order valence-corrected chi connectivity index (χ4v) is 5.49. The molecule has 0 aromatic heterocycles. The lowest BCUT2D eigenvalue weighted by molar-refractivity contribution is -0.140. The predicted molar refractivity (Wildman–Crippen MR) is 154 cm³/mol. The van der Waals surface area contributed by atoms with Crippen molar-refractivity contribution in [3.05, 3.63) is 101 Å². The van der Waals surface area contributed by atoms with Crippen LogP contribution in [0.25, 0.3) is 0 Å². The molecule has 3 aromatic carbocycles. The first-order chi connectivity index (χ1) is 18.1. The zero-order chi connectivity index (χ0) is 27.7. The number of carbonyl (C=O) groups excluding carboxylic acids is 2. The third kappa shape index (κ3) is 7.66. The Balaban J connectivity index is 2.06. The second-order valence-corrected chi connectivity index (χ2v) is 11.9. The van der Waals surface area contributed by atoms with E-state index < -0.39 is 28.7 Å². The zero-order valence-electron chi connectivity index (χ0n) is 21.7. The minimum Gasteiger partial charge on any atom is -0.355 e. The third-order valence-corrected chi connectivity index (χ3v) is 8.24. The Morgan fingerprint density at radius 3 is 2.08 bits per heavy atom. The highest BCUT2D eigenvalue weighted by Gasteiger charge is 2.34. The van der Waals surface area contributed by atoms with E-state index in [0.717, 1.165) is 24.2 Å². The van der Waals surface area contributed by atoms with Gasteiger partial charge in [0.05, 0.1) is 5.69 Å². The molecule has 10 heteroatoms. The third-order valence-electron chi connectivity index (χ3n) is 5.93. The molecule has 3 rings (SSSR count). The van der Waals surface area contributed by atoms with E-state index in [1.165, 1.54) is 19.0 Å². The molecule has 0 spiro atoms. The van der Waals surface area contributed by atoms with Crippen LogP contribution >= 0.6 is 15.9 Å². The van der Waals surface area contributed by atoms with Gasteiger partial charge in [-0.2, -0.15) is 12.7 Å². The molecule has 0 saturated heterocycles. The van der Waals surface area contributed by atoms with E-state index in [9.17, 15) is 18.0 Å². The summed E-state index contributed by atoms with van der Waals surface area (Å²) < 4.78 is 29.5. The van der Waals surface area contributed by atoms with Gasteiger partial charge < -0.3 is 10.2 Å². The van der Waals surface area contributed by atoms with Crippen LogP contribution in [0.3, 0.4) is 0 Å². The summed E-state index contributed by atoms with van der Waals surface area (Å²) in [5.74, 6) is -0.798. The van der Waals surface area contributed by atoms with Crippen LogP contribution in [-0.2, 0) is 32.8 Å². The van der Waals surface area contributed by atoms with Gasteiger partial charge in [0.15, 0.2) is 0 Å². The Morgan fingerprint density at radius 1 is 0.895 bits per heavy atom. The highest BCUT2D eigenvalue weighted by Crippen LogP contribution is 2.22. The number of hydrogen-bond acceptors (Lipinski definition) is 4. The van der Waals surface area contributed by atoms with Gasteiger partial charge in [-0.1, -0.05) is 76.6 Å². The Kier molecular flexibility index (Phi) is 10.5. The van der Waals surface area contributed by atoms with E-state index >= 15 is 0 Å². The number of nitrogens with one attached hydrogen (secondary N) is 1. The first kappa shape index (κ1) is 29.3. The minimum atomic E-state index is -4.00. The van der Waals surface area contributed by atoms with Crippen molar-refractivity contribution < 1.29 is 18.0 Å². The topological polar surface area (TPSA) is 90.0 Å². The van der Waals surface area contributed by atoms with Gasteiger partial charge in [0.2, 0.25) is 11.8 Å². The van der Waals surface area contributed by atoms with E-state index in [1.807, 2.05) is 61.5 Å². The summed E-state index contributed by atoms with van der Waals surface area (Å²) in [7, 11) is -1.17. The van der Waals surface area contributed by atoms with Gasteiger partial charge in [-0.25, -0.2) is 4.31 Å². The lowest BCUT2D eigenvalue weighted by Crippen LogP contribution is -2.54. The number of likely N-dealkylation sites (N-methyl/N-ethyl adjacent to an activating group) is 1. The van der Waals surface area contributed by atoms with Crippen molar-refractivity contribution in [2.75, 3.05) is 31.5 Å². The summed E-state index contributed by atoms with van der Waals surface area (Å²) in [6.07, 6.45) is 0.276. The second kappa shape index (κ2) is 13.5. The smallest absolute Gasteiger partial charge is 0.304 e. The molecule has 0 saturated carbocycles. The SMILES string of the molecule is CCNC(=O)[C@@H](Cc1ccccc1)N(Cc1cccc(Br)c1)C(=O)CN(c1ccccc1)S(=O)(=O)N(C)C. The fourth-order valence-electron chi connectivity index (χ4n) is 3.99. The standard InChI is InChI=1S/C28H33BrN4O4S/c1-4-30-28(35)26(19-22-12-7-5-8-13-22)32(20-23-14-11-15-24(29)18-23)27(34)21-33(38(36,37)31(2)3)25-16-9-6-10-17-25/h5-18,26H,4,19-21H2,1-3H3,(H,30,35)/t26-/m1/s1. The molecule has 0 bridgehead atoms. The van der Waals surface area contributed by atoms with Crippen molar-refractivity contribution in [3.63, 3.8) is 0 Å². The van der Waals surface area contributed by atoms with Crippen LogP contribution in [0.2, 0.25) is 0 Å². The van der Waals surface area contributed by atoms with E-state index in [2.05, 4.69) is 21.2 Å². The summed E-state index contributed by atoms with van der Waals surface area (Å²) in [6.45, 7) is 1.87. The maximum atomic E-state index is 14.0. The van der Waals surface area contributed by atoms with Crippen molar-refractivity contribution >= 4 is 43.6 Å². The summed E-state index contributed by atoms with van der Waals surface area (Å²) in [5, 5.41) is 2.85. The molecule has 1 atom stereocenters. The van der Waals surface area contributed by atoms with Gasteiger partial charge in [0.25, 0.3) is 0 Å². The van der Waals surface area contributed by atoms with E-state index in [1.54, 1.807) is 30.3 Å². The van der Waals surface area contributed by atoms with Gasteiger partial charge in [0, 0.05) is 38.1 Å². The zero-order valence-corrected chi connectivity index (χ0v) is 24.2. The Labute approximate surface area is 233 Å². The van der Waals surface area contributed by atoms with E-state index in [0.29, 0.717) is 12.2 Å². The minimum absolute atomic E-state index is 0.123. The van der Waals surface area contributed by atoms with Crippen LogP contribution < -0.4 is 9.62 Å². The first-order valence-corrected chi connectivity index (χ1v) is 14.4. The van der Waals surface area contributed by atoms with Crippen LogP contribution in [-0.4, -0.2) is 62.7 Å². The molecule has 0 aliphatic carbocycles. The predicted octanol–water partition coefficient (Wildman–Crippen LogP) is 3.84. The van der Waals surface area contributed by atoms with Crippen molar-refractivity contribution in [1.29, 1.82) is 0 Å². The number of benzene rings is 3. The van der Waals surface area contributed by atoms with Gasteiger partial charge >= 0.3 is 10.2 Å². The Bertz CT molecular complexity index is 1320. The van der Waals surface area contributed by atoms with Gasteiger partial charge in [-0.05, 0) is 42.3 Å². The molecule has 0 unspecified atom stereocenters. The van der Waals surface area contributed by atoms with Crippen LogP contribution in [0.4, 0.5) is 5.69 Å². The molecule has 202 valence electrons. The summed E-state index contributed by atoms with van der Waals surface area (Å²) in [5.41, 5.74) is 2.04. The molecule has 0 fully saturated rings. The number of nitrogens with zero attached hydrogens (tertiary/aromatic N) is 3. The summed E-state index contributed by atoms with van der Waals surface area (Å²) >= 11 is 3.47. The van der Waals surface area contributed by atoms with Crippen molar-refractivity contribution in [2.45, 2.75) is 25.9 Å². The number of rotatable bonds is 12. The number of para-hydroxylation sites is 1. The summed E-state index contributed by atoms with van der Waals surface area (Å²) in [6, 6.07) is 24.5. The monoisotopic (exact) mass is 600 g/mol.